The van der Waals surface area contributed by atoms with Gasteiger partial charge in [0.15, 0.2) is 0 Å². The van der Waals surface area contributed by atoms with Gasteiger partial charge in [0.1, 0.15) is 6.10 Å². The Hall–Kier alpha value is -1.87. The van der Waals surface area contributed by atoms with Crippen LogP contribution in [-0.2, 0) is 0 Å². The van der Waals surface area contributed by atoms with Crippen LogP contribution in [0.4, 0.5) is 5.69 Å². The zero-order valence-electron chi connectivity index (χ0n) is 10.0. The van der Waals surface area contributed by atoms with E-state index in [9.17, 15) is 5.11 Å². The molecule has 3 nitrogen and oxygen atoms in total. The van der Waals surface area contributed by atoms with Crippen LogP contribution in [0.15, 0.2) is 48.7 Å². The average molecular weight is 228 g/mol. The topological polar surface area (TPSA) is 36.4 Å². The van der Waals surface area contributed by atoms with E-state index in [0.717, 1.165) is 11.3 Å². The van der Waals surface area contributed by atoms with Crippen LogP contribution in [0.1, 0.15) is 17.4 Å². The van der Waals surface area contributed by atoms with Crippen LogP contribution in [-0.4, -0.2) is 24.2 Å². The van der Waals surface area contributed by atoms with E-state index in [4.69, 9.17) is 0 Å². The minimum atomic E-state index is -0.670. The maximum absolute atomic E-state index is 10.2. The van der Waals surface area contributed by atoms with Crippen molar-refractivity contribution in [2.75, 3.05) is 19.0 Å². The van der Waals surface area contributed by atoms with Crippen molar-refractivity contribution in [1.29, 1.82) is 0 Å². The van der Waals surface area contributed by atoms with Gasteiger partial charge in [0.25, 0.3) is 0 Å². The predicted molar refractivity (Wildman–Crippen MR) is 69.1 cm³/mol. The Morgan fingerprint density at radius 3 is 2.47 bits per heavy atom. The second kappa shape index (κ2) is 4.97. The average Bonchev–Trinajstić information content (AvgIpc) is 2.39. The van der Waals surface area contributed by atoms with Crippen LogP contribution in [0.2, 0.25) is 0 Å². The van der Waals surface area contributed by atoms with Gasteiger partial charge in [-0.15, -0.1) is 0 Å². The number of hydrogen-bond donors (Lipinski definition) is 1. The molecule has 1 atom stereocenters. The van der Waals surface area contributed by atoms with E-state index in [2.05, 4.69) is 4.98 Å². The summed E-state index contributed by atoms with van der Waals surface area (Å²) in [7, 11) is 3.93. The van der Waals surface area contributed by atoms with E-state index in [-0.39, 0.29) is 0 Å². The van der Waals surface area contributed by atoms with Crippen molar-refractivity contribution >= 4 is 5.69 Å². The summed E-state index contributed by atoms with van der Waals surface area (Å²) < 4.78 is 0. The molecule has 3 heteroatoms. The molecule has 1 N–H and O–H groups in total. The van der Waals surface area contributed by atoms with Crippen LogP contribution in [0.25, 0.3) is 0 Å². The number of aliphatic hydroxyl groups excluding tert-OH is 1. The lowest BCUT2D eigenvalue weighted by Gasteiger charge is -2.15. The fourth-order valence-electron chi connectivity index (χ4n) is 1.67. The lowest BCUT2D eigenvalue weighted by atomic mass is 10.1. The van der Waals surface area contributed by atoms with Gasteiger partial charge in [0, 0.05) is 26.0 Å². The highest BCUT2D eigenvalue weighted by Crippen LogP contribution is 2.22. The van der Waals surface area contributed by atoms with Gasteiger partial charge < -0.3 is 10.0 Å². The molecule has 0 radical (unpaired) electrons. The summed E-state index contributed by atoms with van der Waals surface area (Å²) in [4.78, 5) is 6.21. The summed E-state index contributed by atoms with van der Waals surface area (Å²) in [6, 6.07) is 13.4. The van der Waals surface area contributed by atoms with Gasteiger partial charge >= 0.3 is 0 Å². The Bertz CT molecular complexity index is 483. The van der Waals surface area contributed by atoms with Crippen LogP contribution < -0.4 is 4.90 Å². The lowest BCUT2D eigenvalue weighted by molar-refractivity contribution is 0.215. The quantitative estimate of drug-likeness (QED) is 0.875. The van der Waals surface area contributed by atoms with Gasteiger partial charge in [-0.05, 0) is 17.7 Å². The molecule has 2 aromatic rings. The zero-order chi connectivity index (χ0) is 12.3. The zero-order valence-corrected chi connectivity index (χ0v) is 10.0. The predicted octanol–water partition coefficient (Wildman–Crippen LogP) is 2.23. The molecule has 2 rings (SSSR count). The van der Waals surface area contributed by atoms with Crippen LogP contribution in [0.5, 0.6) is 0 Å². The Morgan fingerprint density at radius 2 is 1.82 bits per heavy atom. The van der Waals surface area contributed by atoms with Crippen molar-refractivity contribution in [3.8, 4) is 0 Å². The number of benzene rings is 1. The monoisotopic (exact) mass is 228 g/mol. The van der Waals surface area contributed by atoms with Gasteiger partial charge in [-0.3, -0.25) is 4.98 Å². The van der Waals surface area contributed by atoms with Crippen LogP contribution >= 0.6 is 0 Å². The summed E-state index contributed by atoms with van der Waals surface area (Å²) in [5.41, 5.74) is 2.56. The molecule has 0 bridgehead atoms. The normalized spacial score (nSPS) is 12.2. The summed E-state index contributed by atoms with van der Waals surface area (Å²) in [6.07, 6.45) is 1.05. The van der Waals surface area contributed by atoms with Crippen molar-refractivity contribution in [3.05, 3.63) is 59.9 Å². The molecular weight excluding hydrogens is 212 g/mol. The molecule has 17 heavy (non-hydrogen) atoms. The van der Waals surface area contributed by atoms with Crippen LogP contribution in [0.3, 0.4) is 0 Å². The fourth-order valence-corrected chi connectivity index (χ4v) is 1.67. The Balaban J connectivity index is 2.31. The van der Waals surface area contributed by atoms with Crippen molar-refractivity contribution in [1.82, 2.24) is 4.98 Å². The molecule has 0 aliphatic heterocycles. The third kappa shape index (κ3) is 2.63. The molecule has 88 valence electrons. The summed E-state index contributed by atoms with van der Waals surface area (Å²) >= 11 is 0. The highest BCUT2D eigenvalue weighted by atomic mass is 16.3. The van der Waals surface area contributed by atoms with E-state index in [1.165, 1.54) is 0 Å². The first-order valence-electron chi connectivity index (χ1n) is 5.55. The lowest BCUT2D eigenvalue weighted by Crippen LogP contribution is -2.10. The molecule has 0 spiro atoms. The van der Waals surface area contributed by atoms with Crippen molar-refractivity contribution in [2.24, 2.45) is 0 Å². The second-order valence-corrected chi connectivity index (χ2v) is 4.15. The number of anilines is 1. The van der Waals surface area contributed by atoms with Crippen molar-refractivity contribution < 1.29 is 5.11 Å². The number of hydrogen-bond acceptors (Lipinski definition) is 3. The number of pyridine rings is 1. The van der Waals surface area contributed by atoms with Crippen molar-refractivity contribution in [3.63, 3.8) is 0 Å². The highest BCUT2D eigenvalue weighted by molar-refractivity contribution is 5.46. The molecule has 0 aliphatic rings. The molecule has 1 aromatic heterocycles. The maximum atomic E-state index is 10.2. The molecule has 0 amide bonds. The standard InChI is InChI=1S/C14H16N2O/c1-16(2)12-8-9-15-13(10-12)14(17)11-6-4-3-5-7-11/h3-10,14,17H,1-2H3. The minimum absolute atomic E-state index is 0.669. The Kier molecular flexibility index (Phi) is 3.40. The largest absolute Gasteiger partial charge is 0.382 e. The smallest absolute Gasteiger partial charge is 0.121 e. The van der Waals surface area contributed by atoms with E-state index >= 15 is 0 Å². The number of aromatic nitrogens is 1. The fraction of sp³-hybridized carbons (Fsp3) is 0.214. The molecule has 0 saturated heterocycles. The van der Waals surface area contributed by atoms with Gasteiger partial charge in [-0.25, -0.2) is 0 Å². The highest BCUT2D eigenvalue weighted by Gasteiger charge is 2.12. The molecule has 1 heterocycles. The molecule has 0 saturated carbocycles. The van der Waals surface area contributed by atoms with E-state index in [0.29, 0.717) is 5.69 Å². The van der Waals surface area contributed by atoms with Crippen molar-refractivity contribution in [2.45, 2.75) is 6.10 Å². The summed E-state index contributed by atoms with van der Waals surface area (Å²) in [6.45, 7) is 0. The SMILES string of the molecule is CN(C)c1ccnc(C(O)c2ccccc2)c1. The first-order chi connectivity index (χ1) is 8.18. The number of rotatable bonds is 3. The molecular formula is C14H16N2O. The van der Waals surface area contributed by atoms with E-state index in [1.54, 1.807) is 6.20 Å². The molecule has 1 unspecified atom stereocenters. The van der Waals surface area contributed by atoms with Crippen LogP contribution in [0, 0.1) is 0 Å². The van der Waals surface area contributed by atoms with Gasteiger partial charge in [0.2, 0.25) is 0 Å². The van der Waals surface area contributed by atoms with Gasteiger partial charge in [-0.2, -0.15) is 0 Å². The third-order valence-electron chi connectivity index (χ3n) is 2.68. The molecule has 0 aliphatic carbocycles. The first kappa shape index (κ1) is 11.6. The van der Waals surface area contributed by atoms with Gasteiger partial charge in [-0.1, -0.05) is 30.3 Å². The van der Waals surface area contributed by atoms with E-state index in [1.807, 2.05) is 61.5 Å². The second-order valence-electron chi connectivity index (χ2n) is 4.15. The Labute approximate surface area is 101 Å². The minimum Gasteiger partial charge on any atom is -0.382 e. The first-order valence-corrected chi connectivity index (χ1v) is 5.55. The summed E-state index contributed by atoms with van der Waals surface area (Å²) in [5, 5.41) is 10.2. The molecule has 1 aromatic carbocycles. The summed E-state index contributed by atoms with van der Waals surface area (Å²) in [5.74, 6) is 0. The third-order valence-corrected chi connectivity index (χ3v) is 2.68. The maximum Gasteiger partial charge on any atom is 0.121 e. The number of nitrogens with zero attached hydrogens (tertiary/aromatic N) is 2. The molecule has 0 fully saturated rings. The van der Waals surface area contributed by atoms with Gasteiger partial charge in [0.05, 0.1) is 5.69 Å². The van der Waals surface area contributed by atoms with E-state index < -0.39 is 6.10 Å². The Morgan fingerprint density at radius 1 is 1.12 bits per heavy atom. The number of aliphatic hydroxyl groups is 1.